The molecule has 0 saturated carbocycles. The summed E-state index contributed by atoms with van der Waals surface area (Å²) in [5, 5.41) is 0. The van der Waals surface area contributed by atoms with Gasteiger partial charge in [-0.25, -0.2) is 9.59 Å². The zero-order valence-electron chi connectivity index (χ0n) is 11.5. The van der Waals surface area contributed by atoms with E-state index >= 15 is 0 Å². The summed E-state index contributed by atoms with van der Waals surface area (Å²) in [6.07, 6.45) is 1.23. The van der Waals surface area contributed by atoms with Crippen LogP contribution in [0.3, 0.4) is 0 Å². The first-order valence-electron chi connectivity index (χ1n) is 6.30. The van der Waals surface area contributed by atoms with Gasteiger partial charge in [0.25, 0.3) is 0 Å². The Hall–Kier alpha value is -2.50. The maximum atomic E-state index is 11.6. The molecule has 6 heteroatoms. The molecular weight excluding hydrogens is 260 g/mol. The van der Waals surface area contributed by atoms with Crippen molar-refractivity contribution in [3.05, 3.63) is 42.1 Å². The first-order valence-corrected chi connectivity index (χ1v) is 6.30. The van der Waals surface area contributed by atoms with Crippen molar-refractivity contribution in [1.82, 2.24) is 5.43 Å². The fourth-order valence-corrected chi connectivity index (χ4v) is 1.33. The average molecular weight is 278 g/mol. The molecule has 0 heterocycles. The van der Waals surface area contributed by atoms with Crippen LogP contribution >= 0.6 is 0 Å². The van der Waals surface area contributed by atoms with E-state index in [1.165, 1.54) is 6.20 Å². The zero-order chi connectivity index (χ0) is 14.8. The molecule has 0 unspecified atom stereocenters. The Kier molecular flexibility index (Phi) is 6.67. The molecule has 0 aliphatic rings. The van der Waals surface area contributed by atoms with E-state index in [9.17, 15) is 9.59 Å². The van der Waals surface area contributed by atoms with Crippen molar-refractivity contribution in [2.24, 2.45) is 0 Å². The second-order valence-corrected chi connectivity index (χ2v) is 3.63. The van der Waals surface area contributed by atoms with Crippen LogP contribution in [0.1, 0.15) is 13.8 Å². The molecule has 0 atom stereocenters. The highest BCUT2D eigenvalue weighted by Gasteiger charge is 2.20. The largest absolute Gasteiger partial charge is 0.462 e. The van der Waals surface area contributed by atoms with Gasteiger partial charge < -0.3 is 20.3 Å². The highest BCUT2D eigenvalue weighted by molar-refractivity contribution is 6.13. The van der Waals surface area contributed by atoms with Gasteiger partial charge in [0.2, 0.25) is 0 Å². The Balaban J connectivity index is 2.69. The molecule has 0 saturated heterocycles. The van der Waals surface area contributed by atoms with E-state index in [1.54, 1.807) is 13.8 Å². The van der Waals surface area contributed by atoms with Crippen LogP contribution in [0.15, 0.2) is 42.1 Å². The molecule has 20 heavy (non-hydrogen) atoms. The fourth-order valence-electron chi connectivity index (χ4n) is 1.33. The summed E-state index contributed by atoms with van der Waals surface area (Å²) in [5.41, 5.74) is 6.08. The predicted octanol–water partition coefficient (Wildman–Crippen LogP) is 1.61. The van der Waals surface area contributed by atoms with Gasteiger partial charge in [-0.05, 0) is 26.0 Å². The molecular formula is C14H18N2O4. The molecule has 0 bridgehead atoms. The number of benzene rings is 1. The molecule has 1 aromatic carbocycles. The standard InChI is InChI=1S/C14H18N2O4/c1-3-19-13(17)12(14(18)20-4-2)10-15-16-11-8-6-5-7-9-11/h5-10,15-16H,3-4H2,1-2H3. The monoisotopic (exact) mass is 278 g/mol. The minimum Gasteiger partial charge on any atom is -0.462 e. The topological polar surface area (TPSA) is 76.7 Å². The third-order valence-electron chi connectivity index (χ3n) is 2.20. The van der Waals surface area contributed by atoms with Gasteiger partial charge in [0.15, 0.2) is 5.57 Å². The number of ether oxygens (including phenoxy) is 2. The van der Waals surface area contributed by atoms with E-state index in [-0.39, 0.29) is 18.8 Å². The molecule has 6 nitrogen and oxygen atoms in total. The number of anilines is 1. The second-order valence-electron chi connectivity index (χ2n) is 3.63. The maximum absolute atomic E-state index is 11.6. The molecule has 1 aromatic rings. The Morgan fingerprint density at radius 1 is 1.05 bits per heavy atom. The van der Waals surface area contributed by atoms with Crippen LogP contribution in [0.4, 0.5) is 5.69 Å². The minimum absolute atomic E-state index is 0.182. The third-order valence-corrected chi connectivity index (χ3v) is 2.20. The molecule has 1 rings (SSSR count). The first kappa shape index (κ1) is 15.6. The van der Waals surface area contributed by atoms with Gasteiger partial charge in [-0.3, -0.25) is 0 Å². The van der Waals surface area contributed by atoms with Crippen molar-refractivity contribution in [2.45, 2.75) is 13.8 Å². The molecule has 0 aliphatic heterocycles. The lowest BCUT2D eigenvalue weighted by atomic mass is 10.3. The van der Waals surface area contributed by atoms with Gasteiger partial charge in [-0.2, -0.15) is 0 Å². The van der Waals surface area contributed by atoms with Crippen molar-refractivity contribution >= 4 is 17.6 Å². The number of carbonyl (C=O) groups is 2. The Labute approximate surface area is 117 Å². The lowest BCUT2D eigenvalue weighted by molar-refractivity contribution is -0.146. The van der Waals surface area contributed by atoms with E-state index in [4.69, 9.17) is 9.47 Å². The number of hydrogen-bond donors (Lipinski definition) is 2. The van der Waals surface area contributed by atoms with Crippen LogP contribution in [0, 0.1) is 0 Å². The number of nitrogens with one attached hydrogen (secondary N) is 2. The fraction of sp³-hybridized carbons (Fsp3) is 0.286. The van der Waals surface area contributed by atoms with Crippen molar-refractivity contribution < 1.29 is 19.1 Å². The smallest absolute Gasteiger partial charge is 0.347 e. The molecule has 0 aliphatic carbocycles. The highest BCUT2D eigenvalue weighted by atomic mass is 16.6. The number of esters is 2. The molecule has 0 spiro atoms. The predicted molar refractivity (Wildman–Crippen MR) is 74.5 cm³/mol. The van der Waals surface area contributed by atoms with E-state index < -0.39 is 11.9 Å². The van der Waals surface area contributed by atoms with E-state index in [0.29, 0.717) is 0 Å². The maximum Gasteiger partial charge on any atom is 0.347 e. The molecule has 0 fully saturated rings. The van der Waals surface area contributed by atoms with Crippen molar-refractivity contribution in [3.8, 4) is 0 Å². The molecule has 0 amide bonds. The quantitative estimate of drug-likeness (QED) is 0.259. The zero-order valence-corrected chi connectivity index (χ0v) is 11.5. The van der Waals surface area contributed by atoms with Gasteiger partial charge in [0.1, 0.15) is 0 Å². The SMILES string of the molecule is CCOC(=O)C(=CNNc1ccccc1)C(=O)OCC. The van der Waals surface area contributed by atoms with Gasteiger partial charge in [-0.1, -0.05) is 18.2 Å². The lowest BCUT2D eigenvalue weighted by Gasteiger charge is -2.09. The van der Waals surface area contributed by atoms with Gasteiger partial charge in [0, 0.05) is 6.20 Å². The van der Waals surface area contributed by atoms with Crippen LogP contribution in [0.2, 0.25) is 0 Å². The van der Waals surface area contributed by atoms with E-state index in [2.05, 4.69) is 10.9 Å². The Morgan fingerprint density at radius 2 is 1.60 bits per heavy atom. The van der Waals surface area contributed by atoms with Crippen molar-refractivity contribution in [1.29, 1.82) is 0 Å². The number of hydrogen-bond acceptors (Lipinski definition) is 6. The Morgan fingerprint density at radius 3 is 2.10 bits per heavy atom. The number of carbonyl (C=O) groups excluding carboxylic acids is 2. The Bertz CT molecular complexity index is 451. The van der Waals surface area contributed by atoms with Crippen LogP contribution in [-0.2, 0) is 19.1 Å². The number of hydrazine groups is 1. The third kappa shape index (κ3) is 5.01. The van der Waals surface area contributed by atoms with E-state index in [1.807, 2.05) is 30.3 Å². The summed E-state index contributed by atoms with van der Waals surface area (Å²) in [7, 11) is 0. The molecule has 0 aromatic heterocycles. The van der Waals surface area contributed by atoms with Crippen molar-refractivity contribution in [2.75, 3.05) is 18.6 Å². The highest BCUT2D eigenvalue weighted by Crippen LogP contribution is 2.04. The van der Waals surface area contributed by atoms with Crippen LogP contribution < -0.4 is 10.9 Å². The van der Waals surface area contributed by atoms with Crippen LogP contribution in [0.5, 0.6) is 0 Å². The number of para-hydroxylation sites is 1. The molecule has 108 valence electrons. The summed E-state index contributed by atoms with van der Waals surface area (Å²) < 4.78 is 9.60. The second kappa shape index (κ2) is 8.58. The van der Waals surface area contributed by atoms with Crippen molar-refractivity contribution in [3.63, 3.8) is 0 Å². The van der Waals surface area contributed by atoms with E-state index in [0.717, 1.165) is 5.69 Å². The van der Waals surface area contributed by atoms with Gasteiger partial charge >= 0.3 is 11.9 Å². The molecule has 0 radical (unpaired) electrons. The minimum atomic E-state index is -0.728. The summed E-state index contributed by atoms with van der Waals surface area (Å²) in [6, 6.07) is 9.24. The van der Waals surface area contributed by atoms with Crippen LogP contribution in [-0.4, -0.2) is 25.2 Å². The summed E-state index contributed by atoms with van der Waals surface area (Å²) in [5.74, 6) is -1.46. The average Bonchev–Trinajstić information content (AvgIpc) is 2.45. The van der Waals surface area contributed by atoms with Crippen LogP contribution in [0.25, 0.3) is 0 Å². The molecule has 2 N–H and O–H groups in total. The normalized spacial score (nSPS) is 9.30. The lowest BCUT2D eigenvalue weighted by Crippen LogP contribution is -2.23. The van der Waals surface area contributed by atoms with Gasteiger partial charge in [-0.15, -0.1) is 0 Å². The summed E-state index contributed by atoms with van der Waals surface area (Å²) in [6.45, 7) is 3.69. The summed E-state index contributed by atoms with van der Waals surface area (Å²) in [4.78, 5) is 23.3. The number of rotatable bonds is 7. The van der Waals surface area contributed by atoms with Gasteiger partial charge in [0.05, 0.1) is 18.9 Å². The first-order chi connectivity index (χ1) is 9.69. The summed E-state index contributed by atoms with van der Waals surface area (Å²) >= 11 is 0.